The summed E-state index contributed by atoms with van der Waals surface area (Å²) in [6.07, 6.45) is 6.24. The first-order chi connectivity index (χ1) is 11.8. The molecule has 140 valence electrons. The largest absolute Gasteiger partial charge is 0.381 e. The number of hydrogen-bond donors (Lipinski definition) is 1. The third kappa shape index (κ3) is 6.26. The summed E-state index contributed by atoms with van der Waals surface area (Å²) in [7, 11) is 0. The highest BCUT2D eigenvalue weighted by molar-refractivity contribution is 4.79. The van der Waals surface area contributed by atoms with Crippen molar-refractivity contribution in [2.75, 3.05) is 52.8 Å². The molecule has 3 heterocycles. The quantitative estimate of drug-likeness (QED) is 0.850. The van der Waals surface area contributed by atoms with Gasteiger partial charge >= 0.3 is 0 Å². The molecule has 3 fully saturated rings. The lowest BCUT2D eigenvalue weighted by molar-refractivity contribution is 0.000653. The Morgan fingerprint density at radius 2 is 1.71 bits per heavy atom. The second-order valence-electron chi connectivity index (χ2n) is 8.01. The van der Waals surface area contributed by atoms with Crippen LogP contribution in [-0.4, -0.2) is 64.9 Å². The first-order valence-electron chi connectivity index (χ1n) is 9.87. The molecule has 0 bridgehead atoms. The van der Waals surface area contributed by atoms with E-state index in [9.17, 15) is 0 Å². The molecule has 3 rings (SSSR count). The van der Waals surface area contributed by atoms with Gasteiger partial charge < -0.3 is 24.3 Å². The minimum atomic E-state index is 0.220. The van der Waals surface area contributed by atoms with Crippen molar-refractivity contribution in [1.29, 1.82) is 0 Å². The van der Waals surface area contributed by atoms with Gasteiger partial charge in [0.15, 0.2) is 0 Å². The number of ether oxygens (including phenoxy) is 4. The third-order valence-electron chi connectivity index (χ3n) is 5.41. The maximum atomic E-state index is 6.00. The fourth-order valence-electron chi connectivity index (χ4n) is 3.99. The SMILES string of the molecule is C[C@@H]1COCC(CC2CNC(CC3CCCCOC3)COC2)OC1. The van der Waals surface area contributed by atoms with E-state index in [4.69, 9.17) is 18.9 Å². The Morgan fingerprint density at radius 1 is 0.833 bits per heavy atom. The monoisotopic (exact) mass is 341 g/mol. The summed E-state index contributed by atoms with van der Waals surface area (Å²) < 4.78 is 23.4. The summed E-state index contributed by atoms with van der Waals surface area (Å²) in [5.41, 5.74) is 0. The van der Waals surface area contributed by atoms with E-state index in [0.717, 1.165) is 59.2 Å². The second kappa shape index (κ2) is 10.1. The maximum Gasteiger partial charge on any atom is 0.0812 e. The fraction of sp³-hybridized carbons (Fsp3) is 1.00. The molecule has 0 saturated carbocycles. The van der Waals surface area contributed by atoms with E-state index in [1.54, 1.807) is 0 Å². The van der Waals surface area contributed by atoms with Gasteiger partial charge in [-0.05, 0) is 37.5 Å². The molecule has 4 unspecified atom stereocenters. The first-order valence-corrected chi connectivity index (χ1v) is 9.87. The highest BCUT2D eigenvalue weighted by atomic mass is 16.5. The zero-order chi connectivity index (χ0) is 16.6. The lowest BCUT2D eigenvalue weighted by Gasteiger charge is -2.22. The van der Waals surface area contributed by atoms with Crippen LogP contribution in [0.15, 0.2) is 0 Å². The summed E-state index contributed by atoms with van der Waals surface area (Å²) in [5.74, 6) is 1.71. The van der Waals surface area contributed by atoms with Crippen LogP contribution < -0.4 is 5.32 Å². The molecule has 5 heteroatoms. The average Bonchev–Trinajstić information content (AvgIpc) is 3.03. The lowest BCUT2D eigenvalue weighted by Crippen LogP contribution is -2.36. The van der Waals surface area contributed by atoms with E-state index in [1.807, 2.05) is 0 Å². The van der Waals surface area contributed by atoms with Gasteiger partial charge in [0, 0.05) is 31.7 Å². The van der Waals surface area contributed by atoms with Crippen LogP contribution in [0.3, 0.4) is 0 Å². The van der Waals surface area contributed by atoms with E-state index in [0.29, 0.717) is 23.8 Å². The van der Waals surface area contributed by atoms with Crippen LogP contribution in [0.1, 0.15) is 39.0 Å². The van der Waals surface area contributed by atoms with Gasteiger partial charge in [-0.3, -0.25) is 0 Å². The van der Waals surface area contributed by atoms with Gasteiger partial charge in [0.05, 0.1) is 39.1 Å². The van der Waals surface area contributed by atoms with Gasteiger partial charge in [0.2, 0.25) is 0 Å². The lowest BCUT2D eigenvalue weighted by atomic mass is 9.95. The zero-order valence-electron chi connectivity index (χ0n) is 15.2. The van der Waals surface area contributed by atoms with Crippen LogP contribution in [0.4, 0.5) is 0 Å². The third-order valence-corrected chi connectivity index (χ3v) is 5.41. The topological polar surface area (TPSA) is 49.0 Å². The van der Waals surface area contributed by atoms with E-state index >= 15 is 0 Å². The van der Waals surface area contributed by atoms with Gasteiger partial charge in [-0.2, -0.15) is 0 Å². The van der Waals surface area contributed by atoms with Crippen molar-refractivity contribution in [1.82, 2.24) is 5.32 Å². The van der Waals surface area contributed by atoms with Crippen molar-refractivity contribution in [3.63, 3.8) is 0 Å². The van der Waals surface area contributed by atoms with E-state index < -0.39 is 0 Å². The van der Waals surface area contributed by atoms with Gasteiger partial charge in [0.25, 0.3) is 0 Å². The highest BCUT2D eigenvalue weighted by Crippen LogP contribution is 2.22. The molecular weight excluding hydrogens is 306 g/mol. The Labute approximate surface area is 146 Å². The molecule has 3 aliphatic rings. The highest BCUT2D eigenvalue weighted by Gasteiger charge is 2.26. The van der Waals surface area contributed by atoms with Crippen molar-refractivity contribution in [3.8, 4) is 0 Å². The Kier molecular flexibility index (Phi) is 7.80. The van der Waals surface area contributed by atoms with Crippen LogP contribution in [0.5, 0.6) is 0 Å². The van der Waals surface area contributed by atoms with Crippen molar-refractivity contribution in [2.24, 2.45) is 17.8 Å². The van der Waals surface area contributed by atoms with Crippen LogP contribution in [0.2, 0.25) is 0 Å². The number of nitrogens with one attached hydrogen (secondary N) is 1. The van der Waals surface area contributed by atoms with Crippen molar-refractivity contribution < 1.29 is 18.9 Å². The van der Waals surface area contributed by atoms with E-state index in [2.05, 4.69) is 12.2 Å². The molecule has 5 nitrogen and oxygen atoms in total. The normalized spacial score (nSPS) is 39.6. The van der Waals surface area contributed by atoms with Crippen LogP contribution in [-0.2, 0) is 18.9 Å². The Hall–Kier alpha value is -0.200. The van der Waals surface area contributed by atoms with Gasteiger partial charge in [-0.1, -0.05) is 13.3 Å². The van der Waals surface area contributed by atoms with Gasteiger partial charge in [-0.15, -0.1) is 0 Å². The average molecular weight is 341 g/mol. The molecule has 0 radical (unpaired) electrons. The summed E-state index contributed by atoms with van der Waals surface area (Å²) >= 11 is 0. The van der Waals surface area contributed by atoms with Crippen molar-refractivity contribution >= 4 is 0 Å². The number of hydrogen-bond acceptors (Lipinski definition) is 5. The molecule has 1 N–H and O–H groups in total. The molecule has 0 aromatic heterocycles. The molecule has 0 aromatic carbocycles. The van der Waals surface area contributed by atoms with E-state index in [-0.39, 0.29) is 6.10 Å². The van der Waals surface area contributed by atoms with Gasteiger partial charge in [0.1, 0.15) is 0 Å². The molecule has 24 heavy (non-hydrogen) atoms. The summed E-state index contributed by atoms with van der Waals surface area (Å²) in [6, 6.07) is 0.466. The molecule has 5 atom stereocenters. The molecule has 0 amide bonds. The summed E-state index contributed by atoms with van der Waals surface area (Å²) in [5, 5.41) is 3.74. The molecule has 3 aliphatic heterocycles. The molecule has 0 aliphatic carbocycles. The minimum absolute atomic E-state index is 0.220. The Morgan fingerprint density at radius 3 is 2.67 bits per heavy atom. The predicted molar refractivity (Wildman–Crippen MR) is 93.2 cm³/mol. The molecule has 0 aromatic rings. The second-order valence-corrected chi connectivity index (χ2v) is 8.01. The maximum absolute atomic E-state index is 6.00. The molecule has 3 saturated heterocycles. The predicted octanol–water partition coefficient (Wildman–Crippen LogP) is 2.24. The van der Waals surface area contributed by atoms with E-state index in [1.165, 1.54) is 25.7 Å². The van der Waals surface area contributed by atoms with Crippen molar-refractivity contribution in [3.05, 3.63) is 0 Å². The standard InChI is InChI=1S/C19H35NO4/c1-15-9-22-14-19(24-10-15)7-17-8-20-18(13-23-12-17)6-16-4-2-3-5-21-11-16/h15-20H,2-14H2,1H3/t15-,16?,17?,18?,19?/m1/s1. The van der Waals surface area contributed by atoms with Crippen LogP contribution in [0.25, 0.3) is 0 Å². The van der Waals surface area contributed by atoms with Crippen LogP contribution in [0, 0.1) is 17.8 Å². The van der Waals surface area contributed by atoms with Gasteiger partial charge in [-0.25, -0.2) is 0 Å². The number of rotatable bonds is 4. The fourth-order valence-corrected chi connectivity index (χ4v) is 3.99. The summed E-state index contributed by atoms with van der Waals surface area (Å²) in [6.45, 7) is 9.09. The smallest absolute Gasteiger partial charge is 0.0812 e. The minimum Gasteiger partial charge on any atom is -0.381 e. The Balaban J connectivity index is 1.39. The Bertz CT molecular complexity index is 346. The molecular formula is C19H35NO4. The first kappa shape index (κ1) is 18.6. The summed E-state index contributed by atoms with van der Waals surface area (Å²) in [4.78, 5) is 0. The van der Waals surface area contributed by atoms with Crippen molar-refractivity contribution in [2.45, 2.75) is 51.2 Å². The van der Waals surface area contributed by atoms with Crippen LogP contribution >= 0.6 is 0 Å². The molecule has 0 spiro atoms. The zero-order valence-corrected chi connectivity index (χ0v) is 15.2.